The lowest BCUT2D eigenvalue weighted by Crippen LogP contribution is -2.46. The van der Waals surface area contributed by atoms with Crippen molar-refractivity contribution in [1.82, 2.24) is 4.90 Å². The molecule has 0 N–H and O–H groups in total. The van der Waals surface area contributed by atoms with Crippen molar-refractivity contribution in [1.29, 1.82) is 0 Å². The molecule has 1 saturated heterocycles. The van der Waals surface area contributed by atoms with Gasteiger partial charge in [-0.3, -0.25) is 9.69 Å². The van der Waals surface area contributed by atoms with Crippen LogP contribution in [-0.4, -0.2) is 42.5 Å². The maximum Gasteiger partial charge on any atom is 0.153 e. The zero-order chi connectivity index (χ0) is 10.8. The third kappa shape index (κ3) is 2.58. The second-order valence-corrected chi connectivity index (χ2v) is 4.93. The summed E-state index contributed by atoms with van der Waals surface area (Å²) in [5.41, 5.74) is 0. The fourth-order valence-corrected chi connectivity index (χ4v) is 2.35. The van der Waals surface area contributed by atoms with Gasteiger partial charge in [0, 0.05) is 25.1 Å². The summed E-state index contributed by atoms with van der Waals surface area (Å²) >= 11 is 0. The van der Waals surface area contributed by atoms with Crippen molar-refractivity contribution in [2.75, 3.05) is 19.8 Å². The third-order valence-corrected chi connectivity index (χ3v) is 3.40. The molecule has 2 rings (SSSR count). The first-order valence-corrected chi connectivity index (χ1v) is 6.07. The van der Waals surface area contributed by atoms with Crippen LogP contribution in [-0.2, 0) is 9.53 Å². The molecule has 1 aliphatic heterocycles. The average molecular weight is 211 g/mol. The molecule has 2 aliphatic rings. The lowest BCUT2D eigenvalue weighted by Gasteiger charge is -2.31. The Hall–Kier alpha value is -0.410. The van der Waals surface area contributed by atoms with Crippen LogP contribution >= 0.6 is 0 Å². The number of carbonyl (C=O) groups excluding carboxylic acids is 1. The molecular weight excluding hydrogens is 190 g/mol. The molecule has 1 saturated carbocycles. The number of hydrogen-bond acceptors (Lipinski definition) is 3. The Kier molecular flexibility index (Phi) is 3.42. The Bertz CT molecular complexity index is 236. The first-order chi connectivity index (χ1) is 7.20. The predicted molar refractivity (Wildman–Crippen MR) is 58.8 cm³/mol. The van der Waals surface area contributed by atoms with E-state index in [2.05, 4.69) is 18.7 Å². The quantitative estimate of drug-likeness (QED) is 0.708. The van der Waals surface area contributed by atoms with E-state index in [1.807, 2.05) is 0 Å². The average Bonchev–Trinajstić information content (AvgIpc) is 3.03. The van der Waals surface area contributed by atoms with Crippen LogP contribution in [0.5, 0.6) is 0 Å². The fraction of sp³-hybridized carbons (Fsp3) is 0.917. The van der Waals surface area contributed by atoms with Crippen molar-refractivity contribution < 1.29 is 9.53 Å². The van der Waals surface area contributed by atoms with Gasteiger partial charge in [-0.1, -0.05) is 0 Å². The standard InChI is InChI=1S/C12H21NO2/c1-9(2)13-6-8-15-7-5-11(13)12(14)10-3-4-10/h9-11H,3-8H2,1-2H3. The van der Waals surface area contributed by atoms with Crippen LogP contribution < -0.4 is 0 Å². The number of Topliss-reactive ketones (excluding diaryl/α,β-unsaturated/α-hetero) is 1. The Morgan fingerprint density at radius 1 is 1.27 bits per heavy atom. The molecule has 0 aromatic carbocycles. The van der Waals surface area contributed by atoms with Crippen molar-refractivity contribution >= 4 is 5.78 Å². The second kappa shape index (κ2) is 4.62. The molecule has 0 bridgehead atoms. The van der Waals surface area contributed by atoms with Crippen molar-refractivity contribution in [2.24, 2.45) is 5.92 Å². The van der Waals surface area contributed by atoms with Crippen molar-refractivity contribution in [3.63, 3.8) is 0 Å². The molecule has 0 aromatic heterocycles. The van der Waals surface area contributed by atoms with Gasteiger partial charge in [0.2, 0.25) is 0 Å². The number of carbonyl (C=O) groups is 1. The smallest absolute Gasteiger partial charge is 0.153 e. The lowest BCUT2D eigenvalue weighted by molar-refractivity contribution is -0.126. The van der Waals surface area contributed by atoms with Crippen molar-refractivity contribution in [3.05, 3.63) is 0 Å². The summed E-state index contributed by atoms with van der Waals surface area (Å²) in [7, 11) is 0. The fourth-order valence-electron chi connectivity index (χ4n) is 2.35. The van der Waals surface area contributed by atoms with Gasteiger partial charge in [-0.15, -0.1) is 0 Å². The highest BCUT2D eigenvalue weighted by molar-refractivity contribution is 5.88. The zero-order valence-electron chi connectivity index (χ0n) is 9.74. The maximum absolute atomic E-state index is 12.1. The summed E-state index contributed by atoms with van der Waals surface area (Å²) in [5, 5.41) is 0. The highest BCUT2D eigenvalue weighted by Gasteiger charge is 2.38. The Morgan fingerprint density at radius 3 is 2.60 bits per heavy atom. The van der Waals surface area contributed by atoms with Crippen molar-refractivity contribution in [2.45, 2.75) is 45.2 Å². The predicted octanol–water partition coefficient (Wildman–Crippen LogP) is 1.46. The Labute approximate surface area is 91.8 Å². The minimum absolute atomic E-state index is 0.125. The van der Waals surface area contributed by atoms with Gasteiger partial charge in [-0.25, -0.2) is 0 Å². The summed E-state index contributed by atoms with van der Waals surface area (Å²) in [6, 6.07) is 0.569. The minimum Gasteiger partial charge on any atom is -0.380 e. The van der Waals surface area contributed by atoms with Crippen LogP contribution in [0.25, 0.3) is 0 Å². The highest BCUT2D eigenvalue weighted by atomic mass is 16.5. The SMILES string of the molecule is CC(C)N1CCOCCC1C(=O)C1CC1. The van der Waals surface area contributed by atoms with Gasteiger partial charge in [0.05, 0.1) is 12.6 Å². The van der Waals surface area contributed by atoms with E-state index in [1.165, 1.54) is 0 Å². The lowest BCUT2D eigenvalue weighted by atomic mass is 10.0. The van der Waals surface area contributed by atoms with Crippen LogP contribution in [0.1, 0.15) is 33.1 Å². The highest BCUT2D eigenvalue weighted by Crippen LogP contribution is 2.33. The van der Waals surface area contributed by atoms with E-state index in [1.54, 1.807) is 0 Å². The van der Waals surface area contributed by atoms with Crippen LogP contribution in [0.15, 0.2) is 0 Å². The van der Waals surface area contributed by atoms with Crippen LogP contribution in [0.4, 0.5) is 0 Å². The van der Waals surface area contributed by atoms with Crippen LogP contribution in [0.2, 0.25) is 0 Å². The van der Waals surface area contributed by atoms with E-state index in [-0.39, 0.29) is 6.04 Å². The molecule has 3 heteroatoms. The maximum atomic E-state index is 12.1. The Morgan fingerprint density at radius 2 is 2.00 bits per heavy atom. The monoisotopic (exact) mass is 211 g/mol. The van der Waals surface area contributed by atoms with Gasteiger partial charge in [0.15, 0.2) is 5.78 Å². The normalized spacial score (nSPS) is 29.1. The number of nitrogens with zero attached hydrogens (tertiary/aromatic N) is 1. The summed E-state index contributed by atoms with van der Waals surface area (Å²) in [5.74, 6) is 0.837. The second-order valence-electron chi connectivity index (χ2n) is 4.93. The van der Waals surface area contributed by atoms with Gasteiger partial charge >= 0.3 is 0 Å². The molecule has 0 amide bonds. The summed E-state index contributed by atoms with van der Waals surface area (Å²) in [6.07, 6.45) is 3.11. The zero-order valence-corrected chi connectivity index (χ0v) is 9.74. The van der Waals surface area contributed by atoms with Gasteiger partial charge in [0.1, 0.15) is 0 Å². The van der Waals surface area contributed by atoms with Crippen molar-refractivity contribution in [3.8, 4) is 0 Å². The van der Waals surface area contributed by atoms with Crippen LogP contribution in [0.3, 0.4) is 0 Å². The van der Waals surface area contributed by atoms with E-state index in [0.717, 1.165) is 39.0 Å². The van der Waals surface area contributed by atoms with E-state index >= 15 is 0 Å². The molecule has 1 unspecified atom stereocenters. The van der Waals surface area contributed by atoms with Gasteiger partial charge < -0.3 is 4.74 Å². The largest absolute Gasteiger partial charge is 0.380 e. The topological polar surface area (TPSA) is 29.5 Å². The van der Waals surface area contributed by atoms with E-state index in [9.17, 15) is 4.79 Å². The molecule has 0 radical (unpaired) electrons. The number of ether oxygens (including phenoxy) is 1. The molecule has 3 nitrogen and oxygen atoms in total. The molecule has 0 spiro atoms. The molecule has 86 valence electrons. The first kappa shape index (κ1) is 11.1. The molecule has 1 heterocycles. The molecule has 1 aliphatic carbocycles. The minimum atomic E-state index is 0.125. The van der Waals surface area contributed by atoms with E-state index in [4.69, 9.17) is 4.74 Å². The van der Waals surface area contributed by atoms with E-state index < -0.39 is 0 Å². The molecular formula is C12H21NO2. The molecule has 15 heavy (non-hydrogen) atoms. The molecule has 0 aromatic rings. The summed E-state index contributed by atoms with van der Waals surface area (Å²) < 4.78 is 5.46. The van der Waals surface area contributed by atoms with Crippen LogP contribution in [0, 0.1) is 5.92 Å². The van der Waals surface area contributed by atoms with Gasteiger partial charge in [-0.2, -0.15) is 0 Å². The third-order valence-electron chi connectivity index (χ3n) is 3.40. The molecule has 1 atom stereocenters. The van der Waals surface area contributed by atoms with Gasteiger partial charge in [-0.05, 0) is 33.1 Å². The number of ketones is 1. The molecule has 2 fully saturated rings. The summed E-state index contributed by atoms with van der Waals surface area (Å²) in [6.45, 7) is 6.75. The Balaban J connectivity index is 2.05. The van der Waals surface area contributed by atoms with Gasteiger partial charge in [0.25, 0.3) is 0 Å². The number of hydrogen-bond donors (Lipinski definition) is 0. The summed E-state index contributed by atoms with van der Waals surface area (Å²) in [4.78, 5) is 14.4. The number of rotatable bonds is 3. The first-order valence-electron chi connectivity index (χ1n) is 6.07. The van der Waals surface area contributed by atoms with E-state index in [0.29, 0.717) is 17.7 Å².